The molecule has 122 valence electrons. The predicted octanol–water partition coefficient (Wildman–Crippen LogP) is -1.56. The molecule has 1 aromatic carbocycles. The average Bonchev–Trinajstić information content (AvgIpc) is 2.49. The zero-order valence-corrected chi connectivity index (χ0v) is 11.3. The van der Waals surface area contributed by atoms with Crippen LogP contribution in [0.2, 0.25) is 0 Å². The Morgan fingerprint density at radius 1 is 1.18 bits per heavy atom. The minimum absolute atomic E-state index is 0.245. The average molecular weight is 316 g/mol. The minimum Gasteiger partial charge on any atom is -0.504 e. The molecular formula is C13H16O9. The predicted molar refractivity (Wildman–Crippen MR) is 69.5 cm³/mol. The molecule has 1 saturated heterocycles. The molecule has 0 saturated carbocycles. The van der Waals surface area contributed by atoms with Gasteiger partial charge in [-0.2, -0.15) is 0 Å². The molecule has 2 rings (SSSR count). The maximum atomic E-state index is 11.9. The van der Waals surface area contributed by atoms with Crippen LogP contribution in [0.5, 0.6) is 17.2 Å². The Balaban J connectivity index is 2.09. The number of carbonyl (C=O) groups excluding carboxylic acids is 1. The number of phenols is 3. The van der Waals surface area contributed by atoms with Crippen LogP contribution in [0.3, 0.4) is 0 Å². The molecule has 6 N–H and O–H groups in total. The zero-order valence-electron chi connectivity index (χ0n) is 11.3. The number of aliphatic hydroxyl groups excluding tert-OH is 3. The smallest absolute Gasteiger partial charge is 0.338 e. The minimum atomic E-state index is -1.46. The molecular weight excluding hydrogens is 300 g/mol. The van der Waals surface area contributed by atoms with E-state index in [1.54, 1.807) is 0 Å². The highest BCUT2D eigenvalue weighted by atomic mass is 16.6. The first-order valence-corrected chi connectivity index (χ1v) is 6.39. The van der Waals surface area contributed by atoms with Crippen LogP contribution >= 0.6 is 0 Å². The van der Waals surface area contributed by atoms with Gasteiger partial charge in [-0.05, 0) is 12.1 Å². The van der Waals surface area contributed by atoms with Crippen molar-refractivity contribution in [3.05, 3.63) is 17.7 Å². The van der Waals surface area contributed by atoms with Crippen molar-refractivity contribution in [1.82, 2.24) is 0 Å². The first-order valence-electron chi connectivity index (χ1n) is 6.39. The summed E-state index contributed by atoms with van der Waals surface area (Å²) >= 11 is 0. The summed E-state index contributed by atoms with van der Waals surface area (Å²) in [6, 6.07) is 1.75. The molecule has 1 fully saturated rings. The van der Waals surface area contributed by atoms with Gasteiger partial charge in [0.1, 0.15) is 18.3 Å². The van der Waals surface area contributed by atoms with E-state index in [1.165, 1.54) is 0 Å². The van der Waals surface area contributed by atoms with Gasteiger partial charge in [-0.3, -0.25) is 0 Å². The van der Waals surface area contributed by atoms with E-state index in [2.05, 4.69) is 0 Å². The van der Waals surface area contributed by atoms with E-state index in [4.69, 9.17) is 14.6 Å². The highest BCUT2D eigenvalue weighted by Gasteiger charge is 2.40. The summed E-state index contributed by atoms with van der Waals surface area (Å²) in [5.41, 5.74) is -0.265. The maximum absolute atomic E-state index is 11.9. The summed E-state index contributed by atoms with van der Waals surface area (Å²) in [5.74, 6) is -3.22. The Hall–Kier alpha value is -2.07. The van der Waals surface area contributed by atoms with Crippen molar-refractivity contribution in [1.29, 1.82) is 0 Å². The van der Waals surface area contributed by atoms with Gasteiger partial charge in [-0.15, -0.1) is 0 Å². The van der Waals surface area contributed by atoms with Crippen LogP contribution in [0.25, 0.3) is 0 Å². The number of hydrogen-bond donors (Lipinski definition) is 6. The SMILES string of the molecule is O=C(O[C@H]1CO[C@@H](CO)[C@H](O)[C@H]1O)c1cc(O)c(O)c(O)c1. The van der Waals surface area contributed by atoms with E-state index in [9.17, 15) is 30.3 Å². The standard InChI is InChI=1S/C13H16O9/c14-3-8-11(18)12(19)9(4-21-8)22-13(20)5-1-6(15)10(17)7(16)2-5/h1-2,8-9,11-12,14-19H,3-4H2/t8-,9-,11-,12-/m0/s1. The van der Waals surface area contributed by atoms with Crippen molar-refractivity contribution >= 4 is 5.97 Å². The van der Waals surface area contributed by atoms with E-state index in [0.717, 1.165) is 12.1 Å². The lowest BCUT2D eigenvalue weighted by molar-refractivity contribution is -0.195. The van der Waals surface area contributed by atoms with Gasteiger partial charge < -0.3 is 40.1 Å². The van der Waals surface area contributed by atoms with Crippen molar-refractivity contribution in [2.75, 3.05) is 13.2 Å². The summed E-state index contributed by atoms with van der Waals surface area (Å²) in [7, 11) is 0. The van der Waals surface area contributed by atoms with Crippen molar-refractivity contribution in [3.63, 3.8) is 0 Å². The summed E-state index contributed by atoms with van der Waals surface area (Å²) in [6.07, 6.45) is -5.07. The second-order valence-corrected chi connectivity index (χ2v) is 4.84. The van der Waals surface area contributed by atoms with Crippen LogP contribution in [0.4, 0.5) is 0 Å². The van der Waals surface area contributed by atoms with Gasteiger partial charge in [0.15, 0.2) is 23.4 Å². The molecule has 9 nitrogen and oxygen atoms in total. The highest BCUT2D eigenvalue weighted by molar-refractivity contribution is 5.91. The Kier molecular flexibility index (Phi) is 4.71. The second kappa shape index (κ2) is 6.36. The maximum Gasteiger partial charge on any atom is 0.338 e. The molecule has 1 aliphatic rings. The molecule has 0 bridgehead atoms. The van der Waals surface area contributed by atoms with Crippen LogP contribution in [0.1, 0.15) is 10.4 Å². The second-order valence-electron chi connectivity index (χ2n) is 4.84. The molecule has 1 aliphatic heterocycles. The van der Waals surface area contributed by atoms with Gasteiger partial charge in [0.25, 0.3) is 0 Å². The molecule has 0 aromatic heterocycles. The molecule has 0 radical (unpaired) electrons. The quantitative estimate of drug-likeness (QED) is 0.286. The zero-order chi connectivity index (χ0) is 16.4. The third-order valence-corrected chi connectivity index (χ3v) is 3.33. The lowest BCUT2D eigenvalue weighted by Gasteiger charge is -2.36. The summed E-state index contributed by atoms with van der Waals surface area (Å²) in [5, 5.41) is 56.3. The van der Waals surface area contributed by atoms with Crippen molar-refractivity contribution in [3.8, 4) is 17.2 Å². The van der Waals surface area contributed by atoms with Gasteiger partial charge in [-0.25, -0.2) is 4.79 Å². The van der Waals surface area contributed by atoms with E-state index in [1.807, 2.05) is 0 Å². The number of carbonyl (C=O) groups is 1. The first-order chi connectivity index (χ1) is 10.3. The number of hydrogen-bond acceptors (Lipinski definition) is 9. The van der Waals surface area contributed by atoms with Crippen LogP contribution in [0.15, 0.2) is 12.1 Å². The Bertz CT molecular complexity index is 535. The van der Waals surface area contributed by atoms with Crippen LogP contribution in [-0.2, 0) is 9.47 Å². The normalized spacial score (nSPS) is 28.3. The van der Waals surface area contributed by atoms with Crippen LogP contribution < -0.4 is 0 Å². The van der Waals surface area contributed by atoms with Crippen LogP contribution in [0, 0.1) is 0 Å². The van der Waals surface area contributed by atoms with Crippen molar-refractivity contribution in [2.45, 2.75) is 24.4 Å². The summed E-state index contributed by atoms with van der Waals surface area (Å²) < 4.78 is 9.99. The third kappa shape index (κ3) is 3.07. The Morgan fingerprint density at radius 3 is 2.32 bits per heavy atom. The molecule has 0 amide bonds. The summed E-state index contributed by atoms with van der Waals surface area (Å²) in [4.78, 5) is 11.9. The van der Waals surface area contributed by atoms with E-state index in [-0.39, 0.29) is 12.2 Å². The van der Waals surface area contributed by atoms with Crippen LogP contribution in [-0.4, -0.2) is 74.2 Å². The fraction of sp³-hybridized carbons (Fsp3) is 0.462. The van der Waals surface area contributed by atoms with Gasteiger partial charge in [0.05, 0.1) is 18.8 Å². The number of benzene rings is 1. The fourth-order valence-electron chi connectivity index (χ4n) is 2.05. The number of rotatable bonds is 3. The molecule has 0 unspecified atom stereocenters. The molecule has 22 heavy (non-hydrogen) atoms. The topological polar surface area (TPSA) is 157 Å². The molecule has 1 heterocycles. The van der Waals surface area contributed by atoms with Crippen molar-refractivity contribution < 1.29 is 44.9 Å². The molecule has 0 spiro atoms. The van der Waals surface area contributed by atoms with Crippen molar-refractivity contribution in [2.24, 2.45) is 0 Å². The number of aromatic hydroxyl groups is 3. The van der Waals surface area contributed by atoms with Gasteiger partial charge in [-0.1, -0.05) is 0 Å². The largest absolute Gasteiger partial charge is 0.504 e. The number of ether oxygens (including phenoxy) is 2. The highest BCUT2D eigenvalue weighted by Crippen LogP contribution is 2.35. The molecule has 0 aliphatic carbocycles. The number of esters is 1. The lowest BCUT2D eigenvalue weighted by atomic mass is 10.0. The number of aliphatic hydroxyl groups is 3. The Morgan fingerprint density at radius 2 is 1.77 bits per heavy atom. The Labute approximate surface area is 124 Å². The van der Waals surface area contributed by atoms with E-state index < -0.39 is 54.2 Å². The monoisotopic (exact) mass is 316 g/mol. The molecule has 1 aromatic rings. The number of phenolic OH excluding ortho intramolecular Hbond substituents is 3. The third-order valence-electron chi connectivity index (χ3n) is 3.33. The molecule has 4 atom stereocenters. The summed E-state index contributed by atoms with van der Waals surface area (Å²) in [6.45, 7) is -0.746. The van der Waals surface area contributed by atoms with E-state index in [0.29, 0.717) is 0 Å². The first kappa shape index (κ1) is 16.3. The molecule has 9 heteroatoms. The van der Waals surface area contributed by atoms with E-state index >= 15 is 0 Å². The van der Waals surface area contributed by atoms with Gasteiger partial charge >= 0.3 is 5.97 Å². The van der Waals surface area contributed by atoms with Gasteiger partial charge in [0.2, 0.25) is 0 Å². The van der Waals surface area contributed by atoms with Gasteiger partial charge in [0, 0.05) is 0 Å². The fourth-order valence-corrected chi connectivity index (χ4v) is 2.05. The lowest BCUT2D eigenvalue weighted by Crippen LogP contribution is -2.55.